The Balaban J connectivity index is 0.00000117. The highest BCUT2D eigenvalue weighted by Gasteiger charge is 2.14. The minimum Gasteiger partial charge on any atom is -0.324 e. The summed E-state index contributed by atoms with van der Waals surface area (Å²) in [6, 6.07) is 17.7. The van der Waals surface area contributed by atoms with E-state index in [-0.39, 0.29) is 5.56 Å². The average molecular weight is 386 g/mol. The zero-order chi connectivity index (χ0) is 21.0. The van der Waals surface area contributed by atoms with Crippen molar-refractivity contribution in [1.82, 2.24) is 14.5 Å². The number of para-hydroxylation sites is 1. The standard InChI is InChI=1S/C22H20N4O.C2H6/c1-14-8-7-9-15(2)19(14)18-12-16-13-23-22(24-17-10-5-4-6-11-17)25-20(16)26(3)21(18)27;1-2/h4-13H,1-3H3,(H,23,24,25);1-2H3. The monoisotopic (exact) mass is 386 g/mol. The van der Waals surface area contributed by atoms with Crippen LogP contribution in [0.1, 0.15) is 25.0 Å². The minimum atomic E-state index is -0.0655. The van der Waals surface area contributed by atoms with Gasteiger partial charge in [0.05, 0.1) is 0 Å². The second-order valence-corrected chi connectivity index (χ2v) is 6.65. The molecule has 0 aliphatic carbocycles. The summed E-state index contributed by atoms with van der Waals surface area (Å²) in [4.78, 5) is 22.0. The van der Waals surface area contributed by atoms with Crippen LogP contribution in [0, 0.1) is 13.8 Å². The molecule has 0 radical (unpaired) electrons. The predicted octanol–water partition coefficient (Wildman–Crippen LogP) is 5.38. The van der Waals surface area contributed by atoms with E-state index in [2.05, 4.69) is 15.3 Å². The number of fused-ring (bicyclic) bond motifs is 1. The smallest absolute Gasteiger partial charge is 0.259 e. The molecule has 2 heterocycles. The number of anilines is 2. The SMILES string of the molecule is CC.Cc1cccc(C)c1-c1cc2cnc(Nc3ccccc3)nc2n(C)c1=O. The van der Waals surface area contributed by atoms with Crippen molar-refractivity contribution >= 4 is 22.7 Å². The van der Waals surface area contributed by atoms with Gasteiger partial charge in [-0.2, -0.15) is 4.98 Å². The van der Waals surface area contributed by atoms with Gasteiger partial charge in [-0.3, -0.25) is 9.36 Å². The molecule has 0 fully saturated rings. The van der Waals surface area contributed by atoms with Gasteiger partial charge in [-0.05, 0) is 48.7 Å². The van der Waals surface area contributed by atoms with Gasteiger partial charge in [-0.1, -0.05) is 50.2 Å². The number of aromatic nitrogens is 3. The quantitative estimate of drug-likeness (QED) is 0.513. The second kappa shape index (κ2) is 8.69. The van der Waals surface area contributed by atoms with Crippen LogP contribution in [0.3, 0.4) is 0 Å². The molecule has 5 nitrogen and oxygen atoms in total. The molecule has 5 heteroatoms. The number of pyridine rings is 1. The lowest BCUT2D eigenvalue weighted by Gasteiger charge is -2.13. The van der Waals surface area contributed by atoms with Crippen LogP contribution < -0.4 is 10.9 Å². The third-order valence-electron chi connectivity index (χ3n) is 4.73. The molecule has 2 aromatic carbocycles. The third-order valence-corrected chi connectivity index (χ3v) is 4.73. The number of aryl methyl sites for hydroxylation is 3. The van der Waals surface area contributed by atoms with Gasteiger partial charge in [-0.25, -0.2) is 4.98 Å². The fraction of sp³-hybridized carbons (Fsp3) is 0.208. The van der Waals surface area contributed by atoms with E-state index in [4.69, 9.17) is 0 Å². The van der Waals surface area contributed by atoms with Crippen molar-refractivity contribution in [2.24, 2.45) is 7.05 Å². The number of hydrogen-bond acceptors (Lipinski definition) is 4. The summed E-state index contributed by atoms with van der Waals surface area (Å²) >= 11 is 0. The van der Waals surface area contributed by atoms with Crippen molar-refractivity contribution in [2.45, 2.75) is 27.7 Å². The molecule has 0 unspecified atom stereocenters. The summed E-state index contributed by atoms with van der Waals surface area (Å²) in [7, 11) is 1.75. The molecule has 1 N–H and O–H groups in total. The van der Waals surface area contributed by atoms with Crippen LogP contribution in [-0.2, 0) is 7.05 Å². The zero-order valence-corrected chi connectivity index (χ0v) is 17.5. The largest absolute Gasteiger partial charge is 0.324 e. The first kappa shape index (κ1) is 20.3. The Morgan fingerprint density at radius 2 is 1.59 bits per heavy atom. The first-order valence-electron chi connectivity index (χ1n) is 9.80. The molecule has 4 rings (SSSR count). The summed E-state index contributed by atoms with van der Waals surface area (Å²) in [5.41, 5.74) is 5.24. The Morgan fingerprint density at radius 3 is 2.24 bits per heavy atom. The van der Waals surface area contributed by atoms with E-state index < -0.39 is 0 Å². The lowest BCUT2D eigenvalue weighted by atomic mass is 9.96. The third kappa shape index (κ3) is 4.04. The normalized spacial score (nSPS) is 10.4. The summed E-state index contributed by atoms with van der Waals surface area (Å²) in [5, 5.41) is 4.00. The molecule has 0 saturated heterocycles. The van der Waals surface area contributed by atoms with Crippen LogP contribution in [0.25, 0.3) is 22.2 Å². The Labute approximate surface area is 171 Å². The van der Waals surface area contributed by atoms with Gasteiger partial charge in [0.2, 0.25) is 5.95 Å². The summed E-state index contributed by atoms with van der Waals surface area (Å²) in [6.07, 6.45) is 1.75. The van der Waals surface area contributed by atoms with Gasteiger partial charge in [0.15, 0.2) is 0 Å². The Bertz CT molecular complexity index is 1180. The van der Waals surface area contributed by atoms with Gasteiger partial charge in [0.1, 0.15) is 5.65 Å². The number of benzene rings is 2. The minimum absolute atomic E-state index is 0.0655. The number of nitrogens with zero attached hydrogens (tertiary/aromatic N) is 3. The van der Waals surface area contributed by atoms with Crippen LogP contribution in [-0.4, -0.2) is 14.5 Å². The Hall–Kier alpha value is -3.47. The van der Waals surface area contributed by atoms with Crippen molar-refractivity contribution < 1.29 is 0 Å². The summed E-state index contributed by atoms with van der Waals surface area (Å²) < 4.78 is 1.59. The van der Waals surface area contributed by atoms with E-state index >= 15 is 0 Å². The van der Waals surface area contributed by atoms with Crippen LogP contribution in [0.5, 0.6) is 0 Å². The van der Waals surface area contributed by atoms with Crippen molar-refractivity contribution in [3.63, 3.8) is 0 Å². The van der Waals surface area contributed by atoms with Crippen LogP contribution >= 0.6 is 0 Å². The van der Waals surface area contributed by atoms with Crippen LogP contribution in [0.15, 0.2) is 65.6 Å². The summed E-state index contributed by atoms with van der Waals surface area (Å²) in [6.45, 7) is 8.05. The van der Waals surface area contributed by atoms with Crippen molar-refractivity contribution in [3.8, 4) is 11.1 Å². The molecule has 2 aromatic heterocycles. The number of hydrogen-bond donors (Lipinski definition) is 1. The highest BCUT2D eigenvalue weighted by Crippen LogP contribution is 2.26. The molecule has 0 bridgehead atoms. The Kier molecular flexibility index (Phi) is 6.07. The molecule has 0 saturated carbocycles. The fourth-order valence-corrected chi connectivity index (χ4v) is 3.38. The molecular formula is C24H26N4O. The summed E-state index contributed by atoms with van der Waals surface area (Å²) in [5.74, 6) is 0.462. The topological polar surface area (TPSA) is 59.8 Å². The van der Waals surface area contributed by atoms with Gasteiger partial charge < -0.3 is 5.32 Å². The van der Waals surface area contributed by atoms with Gasteiger partial charge in [0.25, 0.3) is 5.56 Å². The molecule has 0 atom stereocenters. The molecular weight excluding hydrogens is 360 g/mol. The molecule has 148 valence electrons. The van der Waals surface area contributed by atoms with E-state index in [9.17, 15) is 4.79 Å². The Morgan fingerprint density at radius 1 is 0.931 bits per heavy atom. The van der Waals surface area contributed by atoms with Gasteiger partial charge >= 0.3 is 0 Å². The second-order valence-electron chi connectivity index (χ2n) is 6.65. The van der Waals surface area contributed by atoms with E-state index in [0.717, 1.165) is 27.8 Å². The number of rotatable bonds is 3. The maximum Gasteiger partial charge on any atom is 0.259 e. The number of nitrogens with one attached hydrogen (secondary N) is 1. The predicted molar refractivity (Wildman–Crippen MR) is 121 cm³/mol. The molecule has 0 amide bonds. The maximum absolute atomic E-state index is 13.0. The van der Waals surface area contributed by atoms with E-state index in [1.54, 1.807) is 17.8 Å². The highest BCUT2D eigenvalue weighted by atomic mass is 16.1. The fourth-order valence-electron chi connectivity index (χ4n) is 3.38. The average Bonchev–Trinajstić information content (AvgIpc) is 2.74. The molecule has 0 aliphatic heterocycles. The van der Waals surface area contributed by atoms with Crippen molar-refractivity contribution in [1.29, 1.82) is 0 Å². The zero-order valence-electron chi connectivity index (χ0n) is 17.5. The van der Waals surface area contributed by atoms with Crippen LogP contribution in [0.4, 0.5) is 11.6 Å². The van der Waals surface area contributed by atoms with Crippen LogP contribution in [0.2, 0.25) is 0 Å². The molecule has 29 heavy (non-hydrogen) atoms. The van der Waals surface area contributed by atoms with Gasteiger partial charge in [-0.15, -0.1) is 0 Å². The highest BCUT2D eigenvalue weighted by molar-refractivity contribution is 5.83. The lowest BCUT2D eigenvalue weighted by Crippen LogP contribution is -2.20. The van der Waals surface area contributed by atoms with Gasteiger partial charge in [0, 0.05) is 29.9 Å². The van der Waals surface area contributed by atoms with E-state index in [1.807, 2.05) is 82.3 Å². The lowest BCUT2D eigenvalue weighted by molar-refractivity contribution is 0.886. The molecule has 0 aliphatic rings. The van der Waals surface area contributed by atoms with Crippen molar-refractivity contribution in [2.75, 3.05) is 5.32 Å². The molecule has 4 aromatic rings. The van der Waals surface area contributed by atoms with E-state index in [0.29, 0.717) is 17.2 Å². The molecule has 0 spiro atoms. The van der Waals surface area contributed by atoms with Crippen molar-refractivity contribution in [3.05, 3.63) is 82.3 Å². The first-order chi connectivity index (χ1) is 14.0. The first-order valence-corrected chi connectivity index (χ1v) is 9.80. The van der Waals surface area contributed by atoms with E-state index in [1.165, 1.54) is 0 Å². The maximum atomic E-state index is 13.0.